The molecule has 8 heteroatoms. The van der Waals surface area contributed by atoms with E-state index in [9.17, 15) is 13.2 Å². The first kappa shape index (κ1) is 14.3. The largest absolute Gasteiger partial charge is 0.411 e. The maximum atomic E-state index is 11.9. The molecule has 0 aliphatic carbocycles. The molecule has 2 heterocycles. The van der Waals surface area contributed by atoms with Gasteiger partial charge in [0.05, 0.1) is 5.54 Å². The second kappa shape index (κ2) is 5.46. The summed E-state index contributed by atoms with van der Waals surface area (Å²) in [6, 6.07) is 0. The quantitative estimate of drug-likeness (QED) is 0.915. The average molecular weight is 279 g/mol. The summed E-state index contributed by atoms with van der Waals surface area (Å²) in [5, 5.41) is 6.93. The van der Waals surface area contributed by atoms with E-state index < -0.39 is 18.3 Å². The first-order valence-electron chi connectivity index (χ1n) is 6.12. The van der Waals surface area contributed by atoms with E-state index in [0.29, 0.717) is 5.89 Å². The lowest BCUT2D eigenvalue weighted by atomic mass is 9.91. The van der Waals surface area contributed by atoms with Crippen molar-refractivity contribution in [1.82, 2.24) is 15.5 Å². The Kier molecular flexibility index (Phi) is 4.10. The van der Waals surface area contributed by atoms with Gasteiger partial charge in [0.2, 0.25) is 5.89 Å². The lowest BCUT2D eigenvalue weighted by Gasteiger charge is -2.31. The van der Waals surface area contributed by atoms with Crippen molar-refractivity contribution in [1.29, 1.82) is 0 Å². The molecule has 2 rings (SSSR count). The summed E-state index contributed by atoms with van der Waals surface area (Å²) in [7, 11) is 0. The van der Waals surface area contributed by atoms with Crippen LogP contribution in [0.2, 0.25) is 0 Å². The van der Waals surface area contributed by atoms with Crippen LogP contribution in [-0.2, 0) is 16.9 Å². The summed E-state index contributed by atoms with van der Waals surface area (Å²) in [4.78, 5) is 4.09. The molecule has 0 bridgehead atoms. The van der Waals surface area contributed by atoms with Gasteiger partial charge in [-0.25, -0.2) is 0 Å². The maximum absolute atomic E-state index is 11.9. The topological polar surface area (TPSA) is 60.2 Å². The standard InChI is InChI=1S/C11H16F3N3O2/c1-10(4-2-3-5-15-10)9-16-8(17-19-9)6-18-7-11(12,13)14/h15H,2-7H2,1H3. The summed E-state index contributed by atoms with van der Waals surface area (Å²) in [6.07, 6.45) is -1.35. The van der Waals surface area contributed by atoms with Crippen LogP contribution in [0.4, 0.5) is 13.2 Å². The Balaban J connectivity index is 1.91. The molecule has 19 heavy (non-hydrogen) atoms. The molecule has 1 atom stereocenters. The van der Waals surface area contributed by atoms with E-state index in [4.69, 9.17) is 4.52 Å². The summed E-state index contributed by atoms with van der Waals surface area (Å²) in [5.41, 5.74) is -0.395. The van der Waals surface area contributed by atoms with Gasteiger partial charge in [-0.3, -0.25) is 0 Å². The van der Waals surface area contributed by atoms with Crippen molar-refractivity contribution in [2.24, 2.45) is 0 Å². The predicted molar refractivity (Wildman–Crippen MR) is 59.2 cm³/mol. The SMILES string of the molecule is CC1(c2nc(COCC(F)(F)F)no2)CCCCN1. The zero-order valence-corrected chi connectivity index (χ0v) is 10.6. The Morgan fingerprint density at radius 3 is 2.84 bits per heavy atom. The molecule has 1 aliphatic heterocycles. The van der Waals surface area contributed by atoms with Crippen LogP contribution in [0.15, 0.2) is 4.52 Å². The Hall–Kier alpha value is -1.15. The van der Waals surface area contributed by atoms with Crippen LogP contribution in [0.3, 0.4) is 0 Å². The molecule has 1 aliphatic rings. The Morgan fingerprint density at radius 2 is 2.21 bits per heavy atom. The Bertz CT molecular complexity index is 414. The molecule has 0 radical (unpaired) electrons. The first-order valence-corrected chi connectivity index (χ1v) is 6.12. The maximum Gasteiger partial charge on any atom is 0.411 e. The van der Waals surface area contributed by atoms with Crippen molar-refractivity contribution in [2.45, 2.75) is 44.5 Å². The number of hydrogen-bond acceptors (Lipinski definition) is 5. The second-order valence-corrected chi connectivity index (χ2v) is 4.84. The molecule has 1 N–H and O–H groups in total. The third kappa shape index (κ3) is 3.90. The average Bonchev–Trinajstić information content (AvgIpc) is 2.78. The first-order chi connectivity index (χ1) is 8.89. The third-order valence-electron chi connectivity index (χ3n) is 3.06. The highest BCUT2D eigenvalue weighted by molar-refractivity contribution is 5.02. The van der Waals surface area contributed by atoms with Gasteiger partial charge in [0.15, 0.2) is 5.82 Å². The van der Waals surface area contributed by atoms with Gasteiger partial charge in [-0.15, -0.1) is 0 Å². The summed E-state index contributed by atoms with van der Waals surface area (Å²) in [6.45, 7) is 1.18. The summed E-state index contributed by atoms with van der Waals surface area (Å²) < 4.78 is 45.3. The van der Waals surface area contributed by atoms with Gasteiger partial charge < -0.3 is 14.6 Å². The molecule has 1 aromatic heterocycles. The van der Waals surface area contributed by atoms with Gasteiger partial charge in [-0.2, -0.15) is 18.2 Å². The molecule has 0 amide bonds. The number of nitrogens with one attached hydrogen (secondary N) is 1. The molecule has 1 aromatic rings. The van der Waals surface area contributed by atoms with E-state index in [0.717, 1.165) is 25.8 Å². The van der Waals surface area contributed by atoms with Crippen LogP contribution in [0.1, 0.15) is 37.9 Å². The van der Waals surface area contributed by atoms with Crippen LogP contribution in [0, 0.1) is 0 Å². The van der Waals surface area contributed by atoms with Crippen LogP contribution in [0.25, 0.3) is 0 Å². The summed E-state index contributed by atoms with van der Waals surface area (Å²) in [5.74, 6) is 0.533. The van der Waals surface area contributed by atoms with E-state index in [1.54, 1.807) is 0 Å². The van der Waals surface area contributed by atoms with Crippen LogP contribution in [0.5, 0.6) is 0 Å². The van der Waals surface area contributed by atoms with Gasteiger partial charge in [-0.1, -0.05) is 5.16 Å². The van der Waals surface area contributed by atoms with E-state index in [1.165, 1.54) is 0 Å². The highest BCUT2D eigenvalue weighted by Gasteiger charge is 2.34. The summed E-state index contributed by atoms with van der Waals surface area (Å²) >= 11 is 0. The van der Waals surface area contributed by atoms with E-state index >= 15 is 0 Å². The van der Waals surface area contributed by atoms with Gasteiger partial charge in [0.25, 0.3) is 0 Å². The van der Waals surface area contributed by atoms with Crippen molar-refractivity contribution in [3.05, 3.63) is 11.7 Å². The number of hydrogen-bond donors (Lipinski definition) is 1. The zero-order valence-electron chi connectivity index (χ0n) is 10.6. The number of aromatic nitrogens is 2. The monoisotopic (exact) mass is 279 g/mol. The van der Waals surface area contributed by atoms with Crippen molar-refractivity contribution in [2.75, 3.05) is 13.2 Å². The van der Waals surface area contributed by atoms with Crippen molar-refractivity contribution in [3.8, 4) is 0 Å². The molecule has 1 fully saturated rings. The minimum Gasteiger partial charge on any atom is -0.364 e. The van der Waals surface area contributed by atoms with Gasteiger partial charge in [0.1, 0.15) is 13.2 Å². The van der Waals surface area contributed by atoms with Gasteiger partial charge >= 0.3 is 6.18 Å². The van der Waals surface area contributed by atoms with Crippen molar-refractivity contribution < 1.29 is 22.4 Å². The number of alkyl halides is 3. The molecule has 5 nitrogen and oxygen atoms in total. The molecule has 0 aromatic carbocycles. The van der Waals surface area contributed by atoms with Crippen molar-refractivity contribution in [3.63, 3.8) is 0 Å². The van der Waals surface area contributed by atoms with E-state index in [1.807, 2.05) is 6.92 Å². The number of ether oxygens (including phenoxy) is 1. The highest BCUT2D eigenvalue weighted by Crippen LogP contribution is 2.28. The highest BCUT2D eigenvalue weighted by atomic mass is 19.4. The third-order valence-corrected chi connectivity index (χ3v) is 3.06. The lowest BCUT2D eigenvalue weighted by Crippen LogP contribution is -2.43. The molecular weight excluding hydrogens is 263 g/mol. The van der Waals surface area contributed by atoms with Crippen LogP contribution in [-0.4, -0.2) is 29.5 Å². The number of nitrogens with zero attached hydrogens (tertiary/aromatic N) is 2. The Morgan fingerprint density at radius 1 is 1.42 bits per heavy atom. The van der Waals surface area contributed by atoms with Gasteiger partial charge in [0, 0.05) is 0 Å². The van der Waals surface area contributed by atoms with Crippen LogP contribution < -0.4 is 5.32 Å². The van der Waals surface area contributed by atoms with Crippen LogP contribution >= 0.6 is 0 Å². The predicted octanol–water partition coefficient (Wildman–Crippen LogP) is 2.14. The Labute approximate surface area is 108 Å². The lowest BCUT2D eigenvalue weighted by molar-refractivity contribution is -0.177. The minimum absolute atomic E-state index is 0.132. The molecule has 1 unspecified atom stereocenters. The zero-order chi connectivity index (χ0) is 13.9. The van der Waals surface area contributed by atoms with E-state index in [2.05, 4.69) is 20.2 Å². The van der Waals surface area contributed by atoms with E-state index in [-0.39, 0.29) is 12.4 Å². The fourth-order valence-corrected chi connectivity index (χ4v) is 2.03. The number of rotatable bonds is 4. The molecule has 0 saturated carbocycles. The van der Waals surface area contributed by atoms with Crippen molar-refractivity contribution >= 4 is 0 Å². The smallest absolute Gasteiger partial charge is 0.364 e. The van der Waals surface area contributed by atoms with Gasteiger partial charge in [-0.05, 0) is 32.7 Å². The molecule has 108 valence electrons. The molecule has 1 saturated heterocycles. The normalized spacial score (nSPS) is 24.6. The number of halogens is 3. The molecule has 0 spiro atoms. The fraction of sp³-hybridized carbons (Fsp3) is 0.818. The number of piperidine rings is 1. The minimum atomic E-state index is -4.34. The fourth-order valence-electron chi connectivity index (χ4n) is 2.03. The second-order valence-electron chi connectivity index (χ2n) is 4.84. The molecular formula is C11H16F3N3O2.